The third kappa shape index (κ3) is 406. The maximum absolute atomic E-state index is 8.76. The number of hydrogen-bond acceptors (Lipinski definition) is 3. The molecule has 7 nitrogen and oxygen atoms in total. The SMILES string of the molecule is O=S(=O)(O)O.O=[Se](O)O.[Mn].[NaH]. The van der Waals surface area contributed by atoms with E-state index in [0.29, 0.717) is 0 Å². The predicted molar refractivity (Wildman–Crippen MR) is 32.2 cm³/mol. The van der Waals surface area contributed by atoms with E-state index in [4.69, 9.17) is 29.7 Å². The van der Waals surface area contributed by atoms with Gasteiger partial charge in [0.1, 0.15) is 0 Å². The van der Waals surface area contributed by atoms with Crippen LogP contribution in [0.25, 0.3) is 0 Å². The Balaban J connectivity index is -0.0000000383. The van der Waals surface area contributed by atoms with Gasteiger partial charge < -0.3 is 0 Å². The van der Waals surface area contributed by atoms with Gasteiger partial charge in [-0.05, 0) is 0 Å². The Morgan fingerprint density at radius 1 is 1.09 bits per heavy atom. The van der Waals surface area contributed by atoms with Crippen LogP contribution >= 0.6 is 0 Å². The zero-order chi connectivity index (χ0) is 8.08. The molecule has 0 fully saturated rings. The molecule has 0 amide bonds. The molecule has 0 unspecified atom stereocenters. The Labute approximate surface area is 100 Å². The second-order valence-electron chi connectivity index (χ2n) is 0.679. The number of hydrogen-bond donors (Lipinski definition) is 4. The van der Waals surface area contributed by atoms with Crippen LogP contribution in [0.2, 0.25) is 0 Å². The summed E-state index contributed by atoms with van der Waals surface area (Å²) in [6.07, 6.45) is 0. The van der Waals surface area contributed by atoms with Crippen LogP contribution in [0.5, 0.6) is 0 Å². The molecule has 0 aromatic heterocycles. The fraction of sp³-hybridized carbons (Fsp3) is 0. The van der Waals surface area contributed by atoms with E-state index < -0.39 is 24.9 Å². The summed E-state index contributed by atoms with van der Waals surface area (Å²) in [6, 6.07) is 0. The molecule has 1 radical (unpaired) electrons. The molecule has 11 heavy (non-hydrogen) atoms. The van der Waals surface area contributed by atoms with Gasteiger partial charge in [0, 0.05) is 17.1 Å². The third-order valence-corrected chi connectivity index (χ3v) is 0. The average Bonchev–Trinajstić information content (AvgIpc) is 1.19. The predicted octanol–water partition coefficient (Wildman–Crippen LogP) is -2.92. The second-order valence-corrected chi connectivity index (χ2v) is 2.54. The molecule has 0 aliphatic carbocycles. The Hall–Kier alpha value is 1.63. The maximum atomic E-state index is 8.76. The van der Waals surface area contributed by atoms with Gasteiger partial charge in [0.05, 0.1) is 0 Å². The van der Waals surface area contributed by atoms with Crippen molar-refractivity contribution in [3.05, 3.63) is 0 Å². The second kappa shape index (κ2) is 11.6. The normalized spacial score (nSPS) is 8.45. The first-order chi connectivity index (χ1) is 3.73. The van der Waals surface area contributed by atoms with Crippen molar-refractivity contribution in [3.8, 4) is 0 Å². The zero-order valence-electron chi connectivity index (χ0n) is 4.21. The van der Waals surface area contributed by atoms with Crippen LogP contribution in [-0.4, -0.2) is 70.0 Å². The van der Waals surface area contributed by atoms with Crippen LogP contribution < -0.4 is 0 Å². The summed E-state index contributed by atoms with van der Waals surface area (Å²) in [5.74, 6) is 0. The van der Waals surface area contributed by atoms with Crippen LogP contribution in [0.3, 0.4) is 0 Å². The molecule has 0 aromatic rings. The standard InChI is InChI=1S/Mn.Na.H2O4S.H2O3Se.H/c;;1-5(2,3)4;1-4(2)3;/h;;(H2,1,2,3,4);(H2,1,2,3);. The van der Waals surface area contributed by atoms with Gasteiger partial charge in [0.25, 0.3) is 0 Å². The fourth-order valence-electron chi connectivity index (χ4n) is 0. The molecule has 0 rings (SSSR count). The van der Waals surface area contributed by atoms with Crippen molar-refractivity contribution in [2.45, 2.75) is 0 Å². The van der Waals surface area contributed by atoms with Crippen molar-refractivity contribution in [2.75, 3.05) is 0 Å². The minimum absolute atomic E-state index is 0. The molecule has 67 valence electrons. The summed E-state index contributed by atoms with van der Waals surface area (Å²) < 4.78 is 54.7. The van der Waals surface area contributed by atoms with E-state index in [9.17, 15) is 0 Å². The monoisotopic (exact) mass is 307 g/mol. The minimum atomic E-state index is -4.67. The van der Waals surface area contributed by atoms with Gasteiger partial charge in [-0.1, -0.05) is 0 Å². The van der Waals surface area contributed by atoms with Crippen LogP contribution in [0.1, 0.15) is 0 Å². The first-order valence-electron chi connectivity index (χ1n) is 1.23. The van der Waals surface area contributed by atoms with E-state index in [2.05, 4.69) is 0 Å². The first kappa shape index (κ1) is 22.9. The quantitative estimate of drug-likeness (QED) is 0.278. The topological polar surface area (TPSA) is 132 Å². The molecule has 0 heterocycles. The molecule has 4 N–H and O–H groups in total. The van der Waals surface area contributed by atoms with Gasteiger partial charge in [0.2, 0.25) is 0 Å². The number of rotatable bonds is 0. The first-order valence-corrected chi connectivity index (χ1v) is 4.86. The fourth-order valence-corrected chi connectivity index (χ4v) is 0. The van der Waals surface area contributed by atoms with Gasteiger partial charge in [0.15, 0.2) is 0 Å². The third-order valence-electron chi connectivity index (χ3n) is 0. The van der Waals surface area contributed by atoms with Crippen molar-refractivity contribution in [2.24, 2.45) is 0 Å². The molecule has 0 aliphatic heterocycles. The van der Waals surface area contributed by atoms with E-state index in [-0.39, 0.29) is 46.6 Å². The molecule has 11 heteroatoms. The van der Waals surface area contributed by atoms with Crippen LogP contribution in [0.15, 0.2) is 0 Å². The van der Waals surface area contributed by atoms with Crippen molar-refractivity contribution in [1.82, 2.24) is 0 Å². The Morgan fingerprint density at radius 2 is 1.09 bits per heavy atom. The molecule has 0 aliphatic rings. The van der Waals surface area contributed by atoms with Crippen molar-refractivity contribution in [3.63, 3.8) is 0 Å². The van der Waals surface area contributed by atoms with Gasteiger partial charge in [-0.2, -0.15) is 8.42 Å². The summed E-state index contributed by atoms with van der Waals surface area (Å²) in [5.41, 5.74) is 0. The van der Waals surface area contributed by atoms with Gasteiger partial charge in [-0.3, -0.25) is 9.11 Å². The molecule has 0 bridgehead atoms. The summed E-state index contributed by atoms with van der Waals surface area (Å²) in [4.78, 5) is 0. The molecule has 0 aromatic carbocycles. The van der Waals surface area contributed by atoms with Crippen LogP contribution in [-0.2, 0) is 31.3 Å². The summed E-state index contributed by atoms with van der Waals surface area (Å²) >= 11 is -3.29. The Morgan fingerprint density at radius 3 is 1.09 bits per heavy atom. The Kier molecular flexibility index (Phi) is 24.2. The van der Waals surface area contributed by atoms with E-state index in [1.807, 2.05) is 0 Å². The van der Waals surface area contributed by atoms with Crippen LogP contribution in [0.4, 0.5) is 0 Å². The van der Waals surface area contributed by atoms with Crippen molar-refractivity contribution >= 4 is 54.4 Å². The average molecular weight is 306 g/mol. The van der Waals surface area contributed by atoms with Gasteiger partial charge in [-0.25, -0.2) is 0 Å². The molecular weight excluding hydrogens is 301 g/mol. The van der Waals surface area contributed by atoms with E-state index in [1.165, 1.54) is 0 Å². The van der Waals surface area contributed by atoms with Gasteiger partial charge >= 0.3 is 66.7 Å². The molecule has 0 saturated carbocycles. The molecule has 0 spiro atoms. The molecule has 0 saturated heterocycles. The zero-order valence-corrected chi connectivity index (χ0v) is 7.92. The summed E-state index contributed by atoms with van der Waals surface area (Å²) in [6.45, 7) is 0. The Bertz CT molecular complexity index is 161. The summed E-state index contributed by atoms with van der Waals surface area (Å²) in [5, 5.41) is 0. The summed E-state index contributed by atoms with van der Waals surface area (Å²) in [7, 11) is -4.67. The van der Waals surface area contributed by atoms with E-state index in [1.54, 1.807) is 0 Å². The van der Waals surface area contributed by atoms with Crippen molar-refractivity contribution in [1.29, 1.82) is 0 Å². The van der Waals surface area contributed by atoms with Gasteiger partial charge in [-0.15, -0.1) is 0 Å². The van der Waals surface area contributed by atoms with Crippen molar-refractivity contribution < 1.29 is 46.8 Å². The van der Waals surface area contributed by atoms with E-state index in [0.717, 1.165) is 0 Å². The van der Waals surface area contributed by atoms with Crippen LogP contribution in [0, 0.1) is 0 Å². The molecular formula is H5MnNaO7SSe. The van der Waals surface area contributed by atoms with E-state index >= 15 is 0 Å². The molecule has 0 atom stereocenters.